The van der Waals surface area contributed by atoms with Gasteiger partial charge in [0.15, 0.2) is 0 Å². The average Bonchev–Trinajstić information content (AvgIpc) is 2.56. The third-order valence-corrected chi connectivity index (χ3v) is 3.45. The molecule has 0 unspecified atom stereocenters. The normalized spacial score (nSPS) is 14.7. The first kappa shape index (κ1) is 13.5. The van der Waals surface area contributed by atoms with Crippen LogP contribution in [0.25, 0.3) is 5.57 Å². The summed E-state index contributed by atoms with van der Waals surface area (Å²) in [5.41, 5.74) is 2.52. The predicted octanol–water partition coefficient (Wildman–Crippen LogP) is 2.56. The van der Waals surface area contributed by atoms with Crippen molar-refractivity contribution in [3.8, 4) is 5.88 Å². The Bertz CT molecular complexity index is 627. The molecule has 0 spiro atoms. The Hall–Kier alpha value is -2.43. The van der Waals surface area contributed by atoms with Crippen LogP contribution in [0.4, 0.5) is 5.82 Å². The fraction of sp³-hybridized carbons (Fsp3) is 0.312. The molecule has 0 aliphatic carbocycles. The molecule has 21 heavy (non-hydrogen) atoms. The number of hydrogen-bond donors (Lipinski definition) is 0. The van der Waals surface area contributed by atoms with Gasteiger partial charge in [-0.25, -0.2) is 9.97 Å². The maximum absolute atomic E-state index is 5.45. The van der Waals surface area contributed by atoms with E-state index in [1.165, 1.54) is 11.1 Å². The molecule has 1 aliphatic rings. The largest absolute Gasteiger partial charge is 0.478 e. The van der Waals surface area contributed by atoms with E-state index in [-0.39, 0.29) is 0 Å². The van der Waals surface area contributed by atoms with Crippen molar-refractivity contribution in [3.05, 3.63) is 48.6 Å². The van der Waals surface area contributed by atoms with Crippen LogP contribution in [0.2, 0.25) is 0 Å². The molecular weight excluding hydrogens is 264 g/mol. The molecular formula is C16H18N4O. The van der Waals surface area contributed by atoms with Gasteiger partial charge in [0.05, 0.1) is 6.61 Å². The Morgan fingerprint density at radius 1 is 1.24 bits per heavy atom. The molecule has 2 aromatic heterocycles. The first-order chi connectivity index (χ1) is 10.4. The lowest BCUT2D eigenvalue weighted by atomic mass is 10.0. The van der Waals surface area contributed by atoms with Crippen molar-refractivity contribution in [2.24, 2.45) is 0 Å². The molecule has 3 heterocycles. The standard InChI is InChI=1S/C16H18N4O/c1-2-21-16-10-15(18-12-19-16)20-9-3-4-14(11-20)13-5-7-17-8-6-13/h4-8,10,12H,2-3,9,11H2,1H3. The highest BCUT2D eigenvalue weighted by Crippen LogP contribution is 2.24. The highest BCUT2D eigenvalue weighted by atomic mass is 16.5. The van der Waals surface area contributed by atoms with Crippen molar-refractivity contribution in [2.45, 2.75) is 13.3 Å². The highest BCUT2D eigenvalue weighted by Gasteiger charge is 2.16. The number of pyridine rings is 1. The van der Waals surface area contributed by atoms with Gasteiger partial charge < -0.3 is 9.64 Å². The molecule has 0 N–H and O–H groups in total. The summed E-state index contributed by atoms with van der Waals surface area (Å²) >= 11 is 0. The number of ether oxygens (including phenoxy) is 1. The third kappa shape index (κ3) is 3.18. The summed E-state index contributed by atoms with van der Waals surface area (Å²) < 4.78 is 5.45. The summed E-state index contributed by atoms with van der Waals surface area (Å²) in [7, 11) is 0. The molecule has 0 aromatic carbocycles. The predicted molar refractivity (Wildman–Crippen MR) is 82.2 cm³/mol. The van der Waals surface area contributed by atoms with Crippen LogP contribution in [0.5, 0.6) is 5.88 Å². The van der Waals surface area contributed by atoms with Crippen LogP contribution in [0.1, 0.15) is 18.9 Å². The number of nitrogens with zero attached hydrogens (tertiary/aromatic N) is 4. The van der Waals surface area contributed by atoms with Crippen LogP contribution < -0.4 is 9.64 Å². The van der Waals surface area contributed by atoms with E-state index in [9.17, 15) is 0 Å². The first-order valence-corrected chi connectivity index (χ1v) is 7.16. The topological polar surface area (TPSA) is 51.1 Å². The minimum Gasteiger partial charge on any atom is -0.478 e. The van der Waals surface area contributed by atoms with E-state index in [1.54, 1.807) is 6.33 Å². The van der Waals surface area contributed by atoms with E-state index < -0.39 is 0 Å². The number of rotatable bonds is 4. The number of anilines is 1. The fourth-order valence-electron chi connectivity index (χ4n) is 2.44. The van der Waals surface area contributed by atoms with Crippen molar-refractivity contribution < 1.29 is 4.74 Å². The van der Waals surface area contributed by atoms with Gasteiger partial charge in [-0.2, -0.15) is 0 Å². The SMILES string of the molecule is CCOc1cc(N2CCC=C(c3ccncc3)C2)ncn1. The van der Waals surface area contributed by atoms with Crippen molar-refractivity contribution in [2.75, 3.05) is 24.6 Å². The number of hydrogen-bond acceptors (Lipinski definition) is 5. The molecule has 108 valence electrons. The Morgan fingerprint density at radius 3 is 2.90 bits per heavy atom. The van der Waals surface area contributed by atoms with E-state index in [0.717, 1.165) is 25.3 Å². The summed E-state index contributed by atoms with van der Waals surface area (Å²) in [6, 6.07) is 5.99. The van der Waals surface area contributed by atoms with E-state index >= 15 is 0 Å². The second-order valence-corrected chi connectivity index (χ2v) is 4.82. The van der Waals surface area contributed by atoms with Crippen molar-refractivity contribution >= 4 is 11.4 Å². The smallest absolute Gasteiger partial charge is 0.218 e. The maximum atomic E-state index is 5.45. The van der Waals surface area contributed by atoms with Gasteiger partial charge in [-0.05, 0) is 36.6 Å². The van der Waals surface area contributed by atoms with Gasteiger partial charge >= 0.3 is 0 Å². The van der Waals surface area contributed by atoms with E-state index in [0.29, 0.717) is 12.5 Å². The molecule has 0 fully saturated rings. The zero-order valence-electron chi connectivity index (χ0n) is 12.1. The molecule has 5 nitrogen and oxygen atoms in total. The van der Waals surface area contributed by atoms with Crippen LogP contribution in [0, 0.1) is 0 Å². The second kappa shape index (κ2) is 6.35. The molecule has 0 saturated heterocycles. The zero-order valence-corrected chi connectivity index (χ0v) is 12.1. The monoisotopic (exact) mass is 282 g/mol. The Balaban J connectivity index is 1.79. The molecule has 2 aromatic rings. The molecule has 0 saturated carbocycles. The molecule has 0 amide bonds. The van der Waals surface area contributed by atoms with Gasteiger partial charge in [-0.1, -0.05) is 6.08 Å². The molecule has 3 rings (SSSR count). The van der Waals surface area contributed by atoms with Gasteiger partial charge in [0.2, 0.25) is 5.88 Å². The summed E-state index contributed by atoms with van der Waals surface area (Å²) in [6.45, 7) is 4.36. The first-order valence-electron chi connectivity index (χ1n) is 7.16. The zero-order chi connectivity index (χ0) is 14.5. The quantitative estimate of drug-likeness (QED) is 0.862. The van der Waals surface area contributed by atoms with Crippen LogP contribution in [-0.2, 0) is 0 Å². The van der Waals surface area contributed by atoms with Crippen LogP contribution >= 0.6 is 0 Å². The fourth-order valence-corrected chi connectivity index (χ4v) is 2.44. The molecule has 0 atom stereocenters. The minimum absolute atomic E-state index is 0.610. The molecule has 0 radical (unpaired) electrons. The van der Waals surface area contributed by atoms with Gasteiger partial charge in [0, 0.05) is 31.5 Å². The Labute approximate surface area is 124 Å². The maximum Gasteiger partial charge on any atom is 0.218 e. The Kier molecular flexibility index (Phi) is 4.09. The number of aromatic nitrogens is 3. The van der Waals surface area contributed by atoms with Crippen molar-refractivity contribution in [1.29, 1.82) is 0 Å². The average molecular weight is 282 g/mol. The summed E-state index contributed by atoms with van der Waals surface area (Å²) in [5.74, 6) is 1.54. The van der Waals surface area contributed by atoms with Crippen molar-refractivity contribution in [1.82, 2.24) is 15.0 Å². The molecule has 1 aliphatic heterocycles. The summed E-state index contributed by atoms with van der Waals surface area (Å²) in [6.07, 6.45) is 8.51. The van der Waals surface area contributed by atoms with E-state index in [2.05, 4.69) is 25.9 Å². The minimum atomic E-state index is 0.610. The third-order valence-electron chi connectivity index (χ3n) is 3.45. The highest BCUT2D eigenvalue weighted by molar-refractivity contribution is 5.70. The van der Waals surface area contributed by atoms with Crippen molar-refractivity contribution in [3.63, 3.8) is 0 Å². The van der Waals surface area contributed by atoms with Crippen LogP contribution in [-0.4, -0.2) is 34.6 Å². The van der Waals surface area contributed by atoms with Crippen LogP contribution in [0.3, 0.4) is 0 Å². The second-order valence-electron chi connectivity index (χ2n) is 4.82. The lowest BCUT2D eigenvalue weighted by molar-refractivity contribution is 0.326. The van der Waals surface area contributed by atoms with Crippen LogP contribution in [0.15, 0.2) is 43.0 Å². The van der Waals surface area contributed by atoms with Gasteiger partial charge in [-0.3, -0.25) is 4.98 Å². The van der Waals surface area contributed by atoms with E-state index in [4.69, 9.17) is 4.74 Å². The lowest BCUT2D eigenvalue weighted by Gasteiger charge is -2.28. The van der Waals surface area contributed by atoms with Gasteiger partial charge in [0.1, 0.15) is 12.1 Å². The summed E-state index contributed by atoms with van der Waals surface area (Å²) in [4.78, 5) is 14.8. The molecule has 5 heteroatoms. The molecule has 0 bridgehead atoms. The van der Waals surface area contributed by atoms with E-state index in [1.807, 2.05) is 37.5 Å². The van der Waals surface area contributed by atoms with Gasteiger partial charge in [0.25, 0.3) is 0 Å². The lowest BCUT2D eigenvalue weighted by Crippen LogP contribution is -2.30. The summed E-state index contributed by atoms with van der Waals surface area (Å²) in [5, 5.41) is 0. The van der Waals surface area contributed by atoms with Gasteiger partial charge in [-0.15, -0.1) is 0 Å². The Morgan fingerprint density at radius 2 is 2.10 bits per heavy atom.